The van der Waals surface area contributed by atoms with Gasteiger partial charge in [0.2, 0.25) is 0 Å². The molecule has 1 aliphatic rings. The second-order valence-electron chi connectivity index (χ2n) is 3.66. The van der Waals surface area contributed by atoms with Crippen LogP contribution >= 0.6 is 0 Å². The Hall–Kier alpha value is -1.58. The molecule has 0 unspecified atom stereocenters. The maximum atomic E-state index is 11.4. The molecule has 80 valence electrons. The van der Waals surface area contributed by atoms with Gasteiger partial charge in [-0.15, -0.1) is 0 Å². The number of hydrogen-bond donors (Lipinski definition) is 1. The lowest BCUT2D eigenvalue weighted by Gasteiger charge is -2.11. The third-order valence-electron chi connectivity index (χ3n) is 2.49. The average Bonchev–Trinajstić information content (AvgIpc) is 2.81. The Labute approximate surface area is 88.4 Å². The van der Waals surface area contributed by atoms with Crippen molar-refractivity contribution in [3.05, 3.63) is 24.2 Å². The van der Waals surface area contributed by atoms with Gasteiger partial charge >= 0.3 is 5.91 Å². The molecule has 4 heteroatoms. The van der Waals surface area contributed by atoms with Crippen molar-refractivity contribution >= 4 is 11.6 Å². The van der Waals surface area contributed by atoms with Crippen molar-refractivity contribution in [2.24, 2.45) is 5.10 Å². The lowest BCUT2D eigenvalue weighted by atomic mass is 9.99. The summed E-state index contributed by atoms with van der Waals surface area (Å²) in [5.41, 5.74) is 3.59. The van der Waals surface area contributed by atoms with Gasteiger partial charge in [-0.3, -0.25) is 4.79 Å². The zero-order chi connectivity index (χ0) is 10.5. The molecular formula is C11H14N2O2. The molecule has 1 aromatic heterocycles. The number of hydrazone groups is 1. The van der Waals surface area contributed by atoms with Crippen molar-refractivity contribution < 1.29 is 9.21 Å². The van der Waals surface area contributed by atoms with E-state index in [1.165, 1.54) is 25.5 Å². The minimum atomic E-state index is -0.280. The highest BCUT2D eigenvalue weighted by Gasteiger charge is 2.09. The summed E-state index contributed by atoms with van der Waals surface area (Å²) >= 11 is 0. The van der Waals surface area contributed by atoms with Gasteiger partial charge in [-0.05, 0) is 37.8 Å². The van der Waals surface area contributed by atoms with Crippen LogP contribution in [0.2, 0.25) is 0 Å². The Morgan fingerprint density at radius 1 is 1.33 bits per heavy atom. The molecule has 2 rings (SSSR count). The van der Waals surface area contributed by atoms with Gasteiger partial charge in [-0.2, -0.15) is 5.10 Å². The zero-order valence-corrected chi connectivity index (χ0v) is 8.53. The molecule has 1 saturated carbocycles. The van der Waals surface area contributed by atoms with Gasteiger partial charge in [0, 0.05) is 5.71 Å². The number of furan rings is 1. The smallest absolute Gasteiger partial charge is 0.307 e. The number of amides is 1. The second kappa shape index (κ2) is 4.77. The first-order valence-electron chi connectivity index (χ1n) is 5.25. The molecule has 1 aromatic rings. The predicted octanol–water partition coefficient (Wildman–Crippen LogP) is 2.33. The first kappa shape index (κ1) is 9.96. The van der Waals surface area contributed by atoms with E-state index in [1.807, 2.05) is 0 Å². The van der Waals surface area contributed by atoms with E-state index in [0.29, 0.717) is 5.76 Å². The summed E-state index contributed by atoms with van der Waals surface area (Å²) in [5.74, 6) is 0.0215. The van der Waals surface area contributed by atoms with Crippen molar-refractivity contribution in [2.45, 2.75) is 32.1 Å². The van der Waals surface area contributed by atoms with Crippen molar-refractivity contribution in [2.75, 3.05) is 0 Å². The fraction of sp³-hybridized carbons (Fsp3) is 0.455. The van der Waals surface area contributed by atoms with Crippen LogP contribution in [0.25, 0.3) is 0 Å². The molecule has 0 aromatic carbocycles. The van der Waals surface area contributed by atoms with Gasteiger partial charge in [-0.1, -0.05) is 6.42 Å². The molecule has 0 spiro atoms. The lowest BCUT2D eigenvalue weighted by Crippen LogP contribution is -2.20. The Morgan fingerprint density at radius 2 is 2.13 bits per heavy atom. The number of carbonyl (C=O) groups is 1. The van der Waals surface area contributed by atoms with Crippen LogP contribution in [0, 0.1) is 0 Å². The van der Waals surface area contributed by atoms with Gasteiger partial charge in [0.25, 0.3) is 0 Å². The summed E-state index contributed by atoms with van der Waals surface area (Å²) in [6, 6.07) is 3.30. The fourth-order valence-electron chi connectivity index (χ4n) is 1.66. The predicted molar refractivity (Wildman–Crippen MR) is 56.7 cm³/mol. The van der Waals surface area contributed by atoms with Crippen LogP contribution in [-0.2, 0) is 0 Å². The van der Waals surface area contributed by atoms with Crippen molar-refractivity contribution in [1.82, 2.24) is 5.43 Å². The highest BCUT2D eigenvalue weighted by atomic mass is 16.3. The molecule has 1 N–H and O–H groups in total. The molecule has 0 saturated heterocycles. The minimum Gasteiger partial charge on any atom is -0.459 e. The van der Waals surface area contributed by atoms with Crippen molar-refractivity contribution in [3.8, 4) is 0 Å². The Bertz CT molecular complexity index is 347. The van der Waals surface area contributed by atoms with Crippen LogP contribution in [-0.4, -0.2) is 11.6 Å². The molecule has 1 fully saturated rings. The van der Waals surface area contributed by atoms with Crippen LogP contribution < -0.4 is 5.43 Å². The van der Waals surface area contributed by atoms with Crippen LogP contribution in [0.15, 0.2) is 27.9 Å². The summed E-state index contributed by atoms with van der Waals surface area (Å²) in [7, 11) is 0. The second-order valence-corrected chi connectivity index (χ2v) is 3.66. The van der Waals surface area contributed by atoms with E-state index in [2.05, 4.69) is 10.5 Å². The molecule has 15 heavy (non-hydrogen) atoms. The summed E-state index contributed by atoms with van der Waals surface area (Å²) in [6.07, 6.45) is 7.09. The fourth-order valence-corrected chi connectivity index (χ4v) is 1.66. The van der Waals surface area contributed by atoms with E-state index >= 15 is 0 Å². The minimum absolute atomic E-state index is 0.280. The summed E-state index contributed by atoms with van der Waals surface area (Å²) in [5, 5.41) is 4.10. The third kappa shape index (κ3) is 2.68. The summed E-state index contributed by atoms with van der Waals surface area (Å²) < 4.78 is 4.95. The molecule has 4 nitrogen and oxygen atoms in total. The SMILES string of the molecule is O=C(NN=C1CCCCC1)c1ccco1. The van der Waals surface area contributed by atoms with E-state index in [-0.39, 0.29) is 5.91 Å². The Balaban J connectivity index is 1.89. The van der Waals surface area contributed by atoms with E-state index in [4.69, 9.17) is 4.42 Å². The number of rotatable bonds is 2. The Kier molecular flexibility index (Phi) is 3.17. The number of nitrogens with zero attached hydrogens (tertiary/aromatic N) is 1. The maximum Gasteiger partial charge on any atom is 0.307 e. The van der Waals surface area contributed by atoms with Crippen LogP contribution in [0.5, 0.6) is 0 Å². The van der Waals surface area contributed by atoms with Crippen LogP contribution in [0.4, 0.5) is 0 Å². The number of carbonyl (C=O) groups excluding carboxylic acids is 1. The first-order chi connectivity index (χ1) is 7.36. The van der Waals surface area contributed by atoms with E-state index in [1.54, 1.807) is 12.1 Å². The molecule has 1 aliphatic carbocycles. The lowest BCUT2D eigenvalue weighted by molar-refractivity contribution is 0.0927. The number of hydrogen-bond acceptors (Lipinski definition) is 3. The molecule has 1 amide bonds. The van der Waals surface area contributed by atoms with Gasteiger partial charge in [-0.25, -0.2) is 5.43 Å². The van der Waals surface area contributed by atoms with Crippen LogP contribution in [0.3, 0.4) is 0 Å². The monoisotopic (exact) mass is 206 g/mol. The van der Waals surface area contributed by atoms with Crippen LogP contribution in [0.1, 0.15) is 42.7 Å². The van der Waals surface area contributed by atoms with E-state index in [0.717, 1.165) is 18.6 Å². The third-order valence-corrected chi connectivity index (χ3v) is 2.49. The van der Waals surface area contributed by atoms with Gasteiger partial charge in [0.05, 0.1) is 6.26 Å². The van der Waals surface area contributed by atoms with Gasteiger partial charge in [0.15, 0.2) is 5.76 Å². The van der Waals surface area contributed by atoms with Gasteiger partial charge < -0.3 is 4.42 Å². The molecular weight excluding hydrogens is 192 g/mol. The quantitative estimate of drug-likeness (QED) is 0.755. The van der Waals surface area contributed by atoms with Gasteiger partial charge in [0.1, 0.15) is 0 Å². The Morgan fingerprint density at radius 3 is 2.80 bits per heavy atom. The first-order valence-corrected chi connectivity index (χ1v) is 5.25. The highest BCUT2D eigenvalue weighted by Crippen LogP contribution is 2.14. The topological polar surface area (TPSA) is 54.6 Å². The largest absolute Gasteiger partial charge is 0.459 e. The highest BCUT2D eigenvalue weighted by molar-refractivity contribution is 5.93. The molecule has 0 radical (unpaired) electrons. The van der Waals surface area contributed by atoms with E-state index < -0.39 is 0 Å². The van der Waals surface area contributed by atoms with E-state index in [9.17, 15) is 4.79 Å². The van der Waals surface area contributed by atoms with Crippen molar-refractivity contribution in [3.63, 3.8) is 0 Å². The molecule has 0 bridgehead atoms. The number of nitrogens with one attached hydrogen (secondary N) is 1. The average molecular weight is 206 g/mol. The molecule has 0 aliphatic heterocycles. The molecule has 0 atom stereocenters. The maximum absolute atomic E-state index is 11.4. The normalized spacial score (nSPS) is 16.1. The molecule has 1 heterocycles. The summed E-state index contributed by atoms with van der Waals surface area (Å²) in [6.45, 7) is 0. The standard InChI is InChI=1S/C11H14N2O2/c14-11(10-7-4-8-15-10)13-12-9-5-2-1-3-6-9/h4,7-8H,1-3,5-6H2,(H,13,14). The zero-order valence-electron chi connectivity index (χ0n) is 8.53. The van der Waals surface area contributed by atoms with Crippen molar-refractivity contribution in [1.29, 1.82) is 0 Å². The summed E-state index contributed by atoms with van der Waals surface area (Å²) in [4.78, 5) is 11.4.